The van der Waals surface area contributed by atoms with Crippen LogP contribution in [0.15, 0.2) is 21.3 Å². The van der Waals surface area contributed by atoms with Gasteiger partial charge in [-0.3, -0.25) is 4.79 Å². The van der Waals surface area contributed by atoms with Crippen molar-refractivity contribution in [2.24, 2.45) is 0 Å². The van der Waals surface area contributed by atoms with Crippen LogP contribution >= 0.6 is 11.5 Å². The number of aryl methyl sites for hydroxylation is 1. The highest BCUT2D eigenvalue weighted by Gasteiger charge is 2.22. The van der Waals surface area contributed by atoms with E-state index >= 15 is 0 Å². The molecule has 1 amide bonds. The number of rotatable bonds is 6. The highest BCUT2D eigenvalue weighted by molar-refractivity contribution is 7.10. The Morgan fingerprint density at radius 3 is 2.62 bits per heavy atom. The molecule has 1 aromatic carbocycles. The van der Waals surface area contributed by atoms with Gasteiger partial charge in [0.2, 0.25) is 11.6 Å². The van der Waals surface area contributed by atoms with E-state index in [1.807, 2.05) is 0 Å². The van der Waals surface area contributed by atoms with E-state index in [4.69, 9.17) is 13.9 Å². The number of nitrogens with zero attached hydrogens (tertiary/aromatic N) is 2. The molecule has 0 saturated carbocycles. The third-order valence-corrected chi connectivity index (χ3v) is 4.87. The molecule has 0 fully saturated rings. The summed E-state index contributed by atoms with van der Waals surface area (Å²) < 4.78 is 24.2. The number of anilines is 1. The summed E-state index contributed by atoms with van der Waals surface area (Å²) >= 11 is 0.824. The van der Waals surface area contributed by atoms with Gasteiger partial charge >= 0.3 is 11.6 Å². The number of aromatic nitrogens is 2. The highest BCUT2D eigenvalue weighted by atomic mass is 32.1. The third-order valence-electron chi connectivity index (χ3n) is 4.23. The number of nitrogens with one attached hydrogen (secondary N) is 1. The number of fused-ring (bicyclic) bond motifs is 1. The topological polar surface area (TPSA) is 130 Å². The molecule has 0 aliphatic carbocycles. The molecule has 3 aromatic rings. The maximum atomic E-state index is 12.5. The smallest absolute Gasteiger partial charge is 0.361 e. The maximum Gasteiger partial charge on any atom is 0.361 e. The second kappa shape index (κ2) is 8.27. The molecule has 0 bridgehead atoms. The van der Waals surface area contributed by atoms with Gasteiger partial charge in [-0.2, -0.15) is 0 Å². The van der Waals surface area contributed by atoms with E-state index in [2.05, 4.69) is 19.6 Å². The zero-order valence-electron chi connectivity index (χ0n) is 16.0. The largest absolute Gasteiger partial charge is 0.496 e. The minimum absolute atomic E-state index is 0.109. The van der Waals surface area contributed by atoms with Crippen LogP contribution in [0.4, 0.5) is 5.00 Å². The van der Waals surface area contributed by atoms with E-state index in [0.29, 0.717) is 22.4 Å². The lowest BCUT2D eigenvalue weighted by Gasteiger charge is -2.12. The van der Waals surface area contributed by atoms with Crippen molar-refractivity contribution >= 4 is 39.4 Å². The molecule has 0 saturated heterocycles. The number of carbonyl (C=O) groups is 2. The monoisotopic (exact) mass is 419 g/mol. The average Bonchev–Trinajstić information content (AvgIpc) is 3.17. The van der Waals surface area contributed by atoms with E-state index in [1.165, 1.54) is 21.3 Å². The lowest BCUT2D eigenvalue weighted by molar-refractivity contribution is -0.115. The maximum absolute atomic E-state index is 12.5. The minimum atomic E-state index is -0.728. The molecule has 3 rings (SSSR count). The number of esters is 1. The quantitative estimate of drug-likeness (QED) is 0.470. The Hall–Kier alpha value is -3.47. The van der Waals surface area contributed by atoms with Gasteiger partial charge in [-0.05, 0) is 12.5 Å². The van der Waals surface area contributed by atoms with Crippen LogP contribution in [0.1, 0.15) is 21.6 Å². The average molecular weight is 419 g/mol. The van der Waals surface area contributed by atoms with Crippen LogP contribution in [0.3, 0.4) is 0 Å². The molecule has 11 heteroatoms. The fraction of sp³-hybridized carbons (Fsp3) is 0.278. The number of hydrogen-bond donors (Lipinski definition) is 1. The molecular formula is C18H17N3O7S. The second-order valence-electron chi connectivity index (χ2n) is 5.86. The predicted molar refractivity (Wildman–Crippen MR) is 104 cm³/mol. The summed E-state index contributed by atoms with van der Waals surface area (Å²) in [6, 6.07) is 3.23. The van der Waals surface area contributed by atoms with Gasteiger partial charge in [0, 0.05) is 23.7 Å². The van der Waals surface area contributed by atoms with E-state index in [1.54, 1.807) is 19.1 Å². The number of benzene rings is 1. The van der Waals surface area contributed by atoms with Crippen LogP contribution in [0, 0.1) is 6.92 Å². The Morgan fingerprint density at radius 1 is 1.21 bits per heavy atom. The van der Waals surface area contributed by atoms with Crippen LogP contribution in [-0.2, 0) is 16.0 Å². The Balaban J connectivity index is 1.96. The van der Waals surface area contributed by atoms with Crippen molar-refractivity contribution < 1.29 is 28.2 Å². The van der Waals surface area contributed by atoms with Gasteiger partial charge in [0.15, 0.2) is 5.00 Å². The normalized spacial score (nSPS) is 10.6. The molecule has 152 valence electrons. The summed E-state index contributed by atoms with van der Waals surface area (Å²) in [5.41, 5.74) is 0.225. The van der Waals surface area contributed by atoms with Gasteiger partial charge < -0.3 is 23.9 Å². The number of ether oxygens (including phenoxy) is 3. The first kappa shape index (κ1) is 20.3. The minimum Gasteiger partial charge on any atom is -0.496 e. The fourth-order valence-electron chi connectivity index (χ4n) is 2.80. The molecule has 10 nitrogen and oxygen atoms in total. The molecule has 0 spiro atoms. The summed E-state index contributed by atoms with van der Waals surface area (Å²) in [6.07, 6.45) is -0.280. The fourth-order valence-corrected chi connectivity index (χ4v) is 3.37. The van der Waals surface area contributed by atoms with Crippen molar-refractivity contribution in [3.05, 3.63) is 39.4 Å². The molecule has 1 N–H and O–H groups in total. The second-order valence-corrected chi connectivity index (χ2v) is 6.62. The molecular weight excluding hydrogens is 402 g/mol. The van der Waals surface area contributed by atoms with Crippen LogP contribution in [0.2, 0.25) is 0 Å². The van der Waals surface area contributed by atoms with Crippen LogP contribution in [0.5, 0.6) is 11.5 Å². The first-order chi connectivity index (χ1) is 13.9. The molecule has 2 aromatic heterocycles. The van der Waals surface area contributed by atoms with Crippen molar-refractivity contribution in [1.82, 2.24) is 9.59 Å². The van der Waals surface area contributed by atoms with Crippen molar-refractivity contribution in [3.8, 4) is 11.5 Å². The highest BCUT2D eigenvalue weighted by Crippen LogP contribution is 2.33. The van der Waals surface area contributed by atoms with Crippen LogP contribution in [0.25, 0.3) is 11.0 Å². The molecule has 29 heavy (non-hydrogen) atoms. The molecule has 0 unspecified atom stereocenters. The molecule has 0 aliphatic heterocycles. The number of amides is 1. The first-order valence-corrected chi connectivity index (χ1v) is 9.05. The van der Waals surface area contributed by atoms with Crippen molar-refractivity contribution in [1.29, 1.82) is 0 Å². The van der Waals surface area contributed by atoms with Crippen molar-refractivity contribution in [3.63, 3.8) is 0 Å². The Labute approximate surface area is 168 Å². The van der Waals surface area contributed by atoms with Crippen molar-refractivity contribution in [2.45, 2.75) is 13.3 Å². The lowest BCUT2D eigenvalue weighted by Crippen LogP contribution is -2.21. The van der Waals surface area contributed by atoms with Gasteiger partial charge in [0.05, 0.1) is 38.7 Å². The van der Waals surface area contributed by atoms with Crippen LogP contribution in [-0.4, -0.2) is 42.8 Å². The third kappa shape index (κ3) is 3.90. The Morgan fingerprint density at radius 2 is 1.97 bits per heavy atom. The van der Waals surface area contributed by atoms with Gasteiger partial charge in [-0.15, -0.1) is 5.10 Å². The molecule has 0 atom stereocenters. The standard InChI is InChI=1S/C18H17N3O7S/c1-8-10(7-13(22)19-16-15(18(24)27-4)20-21-29-16)17(23)28-12-6-9(25-2)5-11(26-3)14(8)12/h5-6H,7H2,1-4H3,(H,19,22). The Kier molecular flexibility index (Phi) is 5.78. The van der Waals surface area contributed by atoms with Gasteiger partial charge in [-0.25, -0.2) is 9.59 Å². The molecule has 0 radical (unpaired) electrons. The lowest BCUT2D eigenvalue weighted by atomic mass is 10.0. The number of hydrogen-bond acceptors (Lipinski definition) is 10. The van der Waals surface area contributed by atoms with E-state index < -0.39 is 17.5 Å². The van der Waals surface area contributed by atoms with Crippen LogP contribution < -0.4 is 20.4 Å². The number of carbonyl (C=O) groups excluding carboxylic acids is 2. The summed E-state index contributed by atoms with van der Waals surface area (Å²) in [5.74, 6) is -0.352. The van der Waals surface area contributed by atoms with Gasteiger partial charge in [0.25, 0.3) is 0 Å². The van der Waals surface area contributed by atoms with E-state index in [9.17, 15) is 14.4 Å². The summed E-state index contributed by atoms with van der Waals surface area (Å²) in [5, 5.41) is 6.85. The van der Waals surface area contributed by atoms with Crippen molar-refractivity contribution in [2.75, 3.05) is 26.6 Å². The van der Waals surface area contributed by atoms with E-state index in [0.717, 1.165) is 11.5 Å². The molecule has 2 heterocycles. The van der Waals surface area contributed by atoms with Gasteiger partial charge in [-0.1, -0.05) is 4.49 Å². The van der Waals surface area contributed by atoms with E-state index in [-0.39, 0.29) is 28.3 Å². The molecule has 0 aliphatic rings. The summed E-state index contributed by atoms with van der Waals surface area (Å²) in [7, 11) is 4.16. The predicted octanol–water partition coefficient (Wildman–Crippen LogP) is 1.94. The number of methoxy groups -OCH3 is 3. The zero-order valence-corrected chi connectivity index (χ0v) is 16.8. The summed E-state index contributed by atoms with van der Waals surface area (Å²) in [6.45, 7) is 1.70. The Bertz CT molecular complexity index is 1150. The summed E-state index contributed by atoms with van der Waals surface area (Å²) in [4.78, 5) is 36.6. The zero-order chi connectivity index (χ0) is 21.1. The SMILES string of the molecule is COC(=O)c1nnsc1NC(=O)Cc1c(C)c2c(OC)cc(OC)cc2oc1=O. The van der Waals surface area contributed by atoms with Gasteiger partial charge in [0.1, 0.15) is 17.1 Å². The first-order valence-electron chi connectivity index (χ1n) is 8.28.